The molecule has 2 aromatic rings. The molecule has 2 aliphatic rings. The fourth-order valence-electron chi connectivity index (χ4n) is 3.22. The lowest BCUT2D eigenvalue weighted by Crippen LogP contribution is -2.43. The maximum absolute atomic E-state index is 3.36. The first-order valence-electron chi connectivity index (χ1n) is 13.9. The van der Waals surface area contributed by atoms with Gasteiger partial charge < -0.3 is 15.1 Å². The minimum atomic E-state index is 0. The van der Waals surface area contributed by atoms with Crippen molar-refractivity contribution in [2.45, 2.75) is 74.7 Å². The summed E-state index contributed by atoms with van der Waals surface area (Å²) in [5, 5.41) is 3.36. The van der Waals surface area contributed by atoms with Crippen LogP contribution in [0.15, 0.2) is 85.2 Å². The molecule has 2 aromatic carbocycles. The maximum Gasteiger partial charge on any atom is 0.0478 e. The molecule has 0 aromatic heterocycles. The average Bonchev–Trinajstić information content (AvgIpc) is 3.21. The summed E-state index contributed by atoms with van der Waals surface area (Å²) in [5.41, 5.74) is 5.21. The van der Waals surface area contributed by atoms with Gasteiger partial charge in [-0.3, -0.25) is 0 Å². The summed E-state index contributed by atoms with van der Waals surface area (Å²) < 4.78 is 0. The Bertz CT molecular complexity index is 849. The molecule has 3 nitrogen and oxygen atoms in total. The van der Waals surface area contributed by atoms with E-state index in [4.69, 9.17) is 0 Å². The maximum atomic E-state index is 3.36. The minimum absolute atomic E-state index is 0. The van der Waals surface area contributed by atoms with E-state index in [-0.39, 0.29) is 1.43 Å². The van der Waals surface area contributed by atoms with Crippen LogP contribution in [0.4, 0.5) is 11.4 Å². The van der Waals surface area contributed by atoms with Gasteiger partial charge in [0.05, 0.1) is 0 Å². The third-order valence-electron chi connectivity index (χ3n) is 5.20. The first-order chi connectivity index (χ1) is 17.6. The first-order valence-corrected chi connectivity index (χ1v) is 13.9. The van der Waals surface area contributed by atoms with Crippen LogP contribution in [-0.2, 0) is 0 Å². The Kier molecular flexibility index (Phi) is 20.9. The van der Waals surface area contributed by atoms with Gasteiger partial charge in [0.2, 0.25) is 0 Å². The van der Waals surface area contributed by atoms with E-state index < -0.39 is 0 Å². The second-order valence-electron chi connectivity index (χ2n) is 8.54. The standard InChI is InChI=1S/C13H13N.C11H16N2.C4H10.C3H8.C2H6.H2/c1-12-8-4-5-9-13(12)14-10-6-2-3-7-11-14;1-10-3-2-4-11(9-10)13-7-5-12-6-8-13;1-3-4-2;1-3-2;1-2;/h2-11H,1H3;2-4,9,12H,5-8H2,1H3;3-4H2,1-2H3;3H2,1-2H3;1-2H3;1H. The Balaban J connectivity index is 0. The summed E-state index contributed by atoms with van der Waals surface area (Å²) in [6, 6.07) is 17.1. The third kappa shape index (κ3) is 14.6. The van der Waals surface area contributed by atoms with E-state index >= 15 is 0 Å². The minimum Gasteiger partial charge on any atom is -0.369 e. The van der Waals surface area contributed by atoms with Crippen LogP contribution in [0.2, 0.25) is 0 Å². The average molecular weight is 494 g/mol. The number of para-hydroxylation sites is 1. The molecule has 0 atom stereocenters. The molecule has 36 heavy (non-hydrogen) atoms. The summed E-state index contributed by atoms with van der Waals surface area (Å²) in [6.45, 7) is 21.3. The van der Waals surface area contributed by atoms with Gasteiger partial charge in [-0.2, -0.15) is 0 Å². The number of piperazine rings is 1. The van der Waals surface area contributed by atoms with Crippen LogP contribution in [0.1, 0.15) is 73.4 Å². The largest absolute Gasteiger partial charge is 0.369 e. The number of hydrogen-bond acceptors (Lipinski definition) is 3. The van der Waals surface area contributed by atoms with Crippen molar-refractivity contribution < 1.29 is 1.43 Å². The molecule has 0 spiro atoms. The fourth-order valence-corrected chi connectivity index (χ4v) is 3.22. The van der Waals surface area contributed by atoms with Crippen LogP contribution in [-0.4, -0.2) is 26.2 Å². The normalized spacial score (nSPS) is 13.4. The highest BCUT2D eigenvalue weighted by molar-refractivity contribution is 5.58. The van der Waals surface area contributed by atoms with Crippen molar-refractivity contribution in [2.24, 2.45) is 0 Å². The molecule has 0 saturated carbocycles. The first kappa shape index (κ1) is 33.2. The molecule has 2 aliphatic heterocycles. The van der Waals surface area contributed by atoms with Gasteiger partial charge in [-0.1, -0.05) is 103 Å². The van der Waals surface area contributed by atoms with Crippen molar-refractivity contribution in [2.75, 3.05) is 36.0 Å². The van der Waals surface area contributed by atoms with E-state index in [0.29, 0.717) is 0 Å². The topological polar surface area (TPSA) is 18.5 Å². The van der Waals surface area contributed by atoms with Crippen molar-refractivity contribution in [1.82, 2.24) is 5.32 Å². The molecular formula is C33H55N3. The number of hydrogen-bond donors (Lipinski definition) is 1. The molecule has 3 heteroatoms. The molecule has 0 amide bonds. The second-order valence-corrected chi connectivity index (χ2v) is 8.54. The van der Waals surface area contributed by atoms with E-state index in [9.17, 15) is 0 Å². The van der Waals surface area contributed by atoms with Crippen molar-refractivity contribution in [3.63, 3.8) is 0 Å². The molecule has 0 unspecified atom stereocenters. The Morgan fingerprint density at radius 3 is 1.81 bits per heavy atom. The zero-order valence-electron chi connectivity index (χ0n) is 24.4. The number of benzene rings is 2. The fraction of sp³-hybridized carbons (Fsp3) is 0.455. The molecule has 1 fully saturated rings. The molecule has 2 heterocycles. The second kappa shape index (κ2) is 22.7. The zero-order valence-corrected chi connectivity index (χ0v) is 24.4. The highest BCUT2D eigenvalue weighted by atomic mass is 15.2. The number of rotatable bonds is 3. The Morgan fingerprint density at radius 1 is 0.750 bits per heavy atom. The predicted octanol–water partition coefficient (Wildman–Crippen LogP) is 9.30. The van der Waals surface area contributed by atoms with Gasteiger partial charge in [0.25, 0.3) is 0 Å². The Morgan fingerprint density at radius 2 is 1.31 bits per heavy atom. The summed E-state index contributed by atoms with van der Waals surface area (Å²) >= 11 is 0. The SMILES string of the molecule is CC.CCC.CCCC.Cc1cccc(N2CCNCC2)c1.Cc1ccccc1N1C=CC=CC=C1.[HH]. The predicted molar refractivity (Wildman–Crippen MR) is 167 cm³/mol. The number of nitrogens with one attached hydrogen (secondary N) is 1. The lowest BCUT2D eigenvalue weighted by molar-refractivity contribution is 0.589. The number of aryl methyl sites for hydroxylation is 2. The summed E-state index contributed by atoms with van der Waals surface area (Å²) in [6.07, 6.45) is 16.1. The number of allylic oxidation sites excluding steroid dienone is 4. The molecule has 0 bridgehead atoms. The monoisotopic (exact) mass is 493 g/mol. The Hall–Kier alpha value is -2.78. The third-order valence-corrected chi connectivity index (χ3v) is 5.20. The van der Waals surface area contributed by atoms with Crippen LogP contribution < -0.4 is 15.1 Å². The van der Waals surface area contributed by atoms with Gasteiger partial charge in [-0.05, 0) is 55.3 Å². The molecule has 202 valence electrons. The van der Waals surface area contributed by atoms with Crippen molar-refractivity contribution in [1.29, 1.82) is 0 Å². The van der Waals surface area contributed by atoms with Crippen LogP contribution in [0.3, 0.4) is 0 Å². The van der Waals surface area contributed by atoms with Gasteiger partial charge in [0.1, 0.15) is 0 Å². The summed E-state index contributed by atoms with van der Waals surface area (Å²) in [7, 11) is 0. The quantitative estimate of drug-likeness (QED) is 0.459. The number of anilines is 2. The molecule has 4 rings (SSSR count). The summed E-state index contributed by atoms with van der Waals surface area (Å²) in [4.78, 5) is 4.55. The van der Waals surface area contributed by atoms with Crippen LogP contribution in [0.25, 0.3) is 0 Å². The van der Waals surface area contributed by atoms with Crippen molar-refractivity contribution >= 4 is 11.4 Å². The molecule has 0 aliphatic carbocycles. The lowest BCUT2D eigenvalue weighted by Gasteiger charge is -2.29. The lowest BCUT2D eigenvalue weighted by atomic mass is 10.2. The highest BCUT2D eigenvalue weighted by Crippen LogP contribution is 2.20. The van der Waals surface area contributed by atoms with Gasteiger partial charge in [-0.15, -0.1) is 0 Å². The smallest absolute Gasteiger partial charge is 0.0478 e. The van der Waals surface area contributed by atoms with E-state index in [2.05, 4.69) is 118 Å². The van der Waals surface area contributed by atoms with Gasteiger partial charge in [-0.25, -0.2) is 0 Å². The van der Waals surface area contributed by atoms with E-state index in [1.807, 2.05) is 38.2 Å². The van der Waals surface area contributed by atoms with Crippen molar-refractivity contribution in [3.8, 4) is 0 Å². The molecule has 0 radical (unpaired) electrons. The van der Waals surface area contributed by atoms with E-state index in [0.717, 1.165) is 26.2 Å². The van der Waals surface area contributed by atoms with Gasteiger partial charge in [0, 0.05) is 51.4 Å². The van der Waals surface area contributed by atoms with E-state index in [1.165, 1.54) is 41.8 Å². The van der Waals surface area contributed by atoms with Gasteiger partial charge >= 0.3 is 0 Å². The van der Waals surface area contributed by atoms with Crippen LogP contribution in [0.5, 0.6) is 0 Å². The zero-order chi connectivity index (χ0) is 27.0. The summed E-state index contributed by atoms with van der Waals surface area (Å²) in [5.74, 6) is 0. The Labute approximate surface area is 225 Å². The molecular weight excluding hydrogens is 438 g/mol. The molecule has 1 N–H and O–H groups in total. The number of unbranched alkanes of at least 4 members (excludes halogenated alkanes) is 1. The number of nitrogens with zero attached hydrogens (tertiary/aromatic N) is 2. The van der Waals surface area contributed by atoms with Crippen molar-refractivity contribution in [3.05, 3.63) is 96.4 Å². The van der Waals surface area contributed by atoms with Crippen LogP contribution in [0, 0.1) is 13.8 Å². The molecule has 1 saturated heterocycles. The van der Waals surface area contributed by atoms with Crippen LogP contribution >= 0.6 is 0 Å². The highest BCUT2D eigenvalue weighted by Gasteiger charge is 2.09. The van der Waals surface area contributed by atoms with Gasteiger partial charge in [0.15, 0.2) is 0 Å². The van der Waals surface area contributed by atoms with E-state index in [1.54, 1.807) is 0 Å².